The predicted molar refractivity (Wildman–Crippen MR) is 80.0 cm³/mol. The van der Waals surface area contributed by atoms with E-state index in [-0.39, 0.29) is 17.2 Å². The van der Waals surface area contributed by atoms with Gasteiger partial charge in [-0.3, -0.25) is 14.4 Å². The number of ether oxygens (including phenoxy) is 1. The zero-order chi connectivity index (χ0) is 15.3. The fraction of sp³-hybridized carbons (Fsp3) is 0.571. The molecular formula is C14H16ClN5O2. The highest BCUT2D eigenvalue weighted by molar-refractivity contribution is 6.28. The van der Waals surface area contributed by atoms with Gasteiger partial charge in [0.2, 0.25) is 11.2 Å². The number of nitrogens with zero attached hydrogens (tertiary/aromatic N) is 5. The Balaban J connectivity index is 1.71. The predicted octanol–water partition coefficient (Wildman–Crippen LogP) is 1.15. The Kier molecular flexibility index (Phi) is 3.27. The van der Waals surface area contributed by atoms with Crippen molar-refractivity contribution in [3.05, 3.63) is 11.5 Å². The summed E-state index contributed by atoms with van der Waals surface area (Å²) >= 11 is 5.88. The summed E-state index contributed by atoms with van der Waals surface area (Å²) in [6, 6.07) is -0.115. The van der Waals surface area contributed by atoms with Crippen molar-refractivity contribution in [3.8, 4) is 5.88 Å². The van der Waals surface area contributed by atoms with Crippen molar-refractivity contribution >= 4 is 28.4 Å². The van der Waals surface area contributed by atoms with Crippen molar-refractivity contribution in [1.29, 1.82) is 0 Å². The first-order chi connectivity index (χ1) is 10.7. The third-order valence-corrected chi connectivity index (χ3v) is 4.84. The van der Waals surface area contributed by atoms with Gasteiger partial charge in [0.1, 0.15) is 11.0 Å². The molecule has 0 saturated carbocycles. The average molecular weight is 322 g/mol. The molecule has 3 saturated heterocycles. The Bertz CT molecular complexity index is 738. The van der Waals surface area contributed by atoms with Crippen LogP contribution in [0.2, 0.25) is 5.28 Å². The molecule has 22 heavy (non-hydrogen) atoms. The van der Waals surface area contributed by atoms with Crippen LogP contribution in [0.1, 0.15) is 12.8 Å². The summed E-state index contributed by atoms with van der Waals surface area (Å²) in [6.07, 6.45) is 3.60. The van der Waals surface area contributed by atoms with Crippen molar-refractivity contribution in [2.24, 2.45) is 5.92 Å². The molecule has 1 unspecified atom stereocenters. The van der Waals surface area contributed by atoms with Crippen LogP contribution in [0.5, 0.6) is 5.88 Å². The van der Waals surface area contributed by atoms with Crippen LogP contribution in [0.3, 0.4) is 0 Å². The number of methoxy groups -OCH3 is 1. The molecular weight excluding hydrogens is 306 g/mol. The monoisotopic (exact) mass is 321 g/mol. The minimum absolute atomic E-state index is 0.115. The molecule has 7 nitrogen and oxygen atoms in total. The van der Waals surface area contributed by atoms with Crippen LogP contribution in [0.4, 0.5) is 0 Å². The molecule has 3 aliphatic heterocycles. The molecule has 116 valence electrons. The third kappa shape index (κ3) is 2.07. The van der Waals surface area contributed by atoms with Crippen LogP contribution in [0.15, 0.2) is 6.20 Å². The fourth-order valence-electron chi connectivity index (χ4n) is 3.54. The van der Waals surface area contributed by atoms with Crippen LogP contribution >= 0.6 is 11.6 Å². The van der Waals surface area contributed by atoms with Crippen LogP contribution < -0.4 is 4.74 Å². The summed E-state index contributed by atoms with van der Waals surface area (Å²) in [6.45, 7) is 2.47. The van der Waals surface area contributed by atoms with Gasteiger partial charge in [0.25, 0.3) is 0 Å². The topological polar surface area (TPSA) is 73.1 Å². The number of hydrogen-bond acceptors (Lipinski definition) is 6. The quantitative estimate of drug-likeness (QED) is 0.790. The molecule has 0 aromatic carbocycles. The van der Waals surface area contributed by atoms with Gasteiger partial charge in [-0.1, -0.05) is 0 Å². The standard InChI is InChI=1S/C14H16ClN5O2/c1-22-13-11-9(17-14(15)18-13)6-16-20(11)7-10-12(21)8-2-4-19(10)5-3-8/h6,8,10H,2-5,7H2,1H3. The molecule has 3 aliphatic rings. The zero-order valence-electron chi connectivity index (χ0n) is 12.2. The Morgan fingerprint density at radius 2 is 2.14 bits per heavy atom. The van der Waals surface area contributed by atoms with E-state index < -0.39 is 0 Å². The summed E-state index contributed by atoms with van der Waals surface area (Å²) < 4.78 is 7.05. The molecule has 2 aromatic rings. The van der Waals surface area contributed by atoms with E-state index in [1.54, 1.807) is 10.9 Å². The van der Waals surface area contributed by atoms with Crippen molar-refractivity contribution in [2.45, 2.75) is 25.4 Å². The number of carbonyl (C=O) groups is 1. The number of fused-ring (bicyclic) bond motifs is 4. The summed E-state index contributed by atoms with van der Waals surface area (Å²) in [7, 11) is 1.53. The molecule has 5 rings (SSSR count). The van der Waals surface area contributed by atoms with E-state index in [1.807, 2.05) is 0 Å². The van der Waals surface area contributed by atoms with Gasteiger partial charge in [-0.15, -0.1) is 0 Å². The lowest BCUT2D eigenvalue weighted by Crippen LogP contribution is -2.56. The van der Waals surface area contributed by atoms with E-state index in [2.05, 4.69) is 20.0 Å². The summed E-state index contributed by atoms with van der Waals surface area (Å²) in [5.74, 6) is 0.926. The van der Waals surface area contributed by atoms with Gasteiger partial charge in [0, 0.05) is 5.92 Å². The second kappa shape index (κ2) is 5.17. The average Bonchev–Trinajstić information content (AvgIpc) is 2.93. The molecule has 3 fully saturated rings. The Morgan fingerprint density at radius 1 is 1.36 bits per heavy atom. The molecule has 8 heteroatoms. The molecule has 1 atom stereocenters. The van der Waals surface area contributed by atoms with E-state index >= 15 is 0 Å². The fourth-order valence-corrected chi connectivity index (χ4v) is 3.70. The summed E-state index contributed by atoms with van der Waals surface area (Å²) in [5.41, 5.74) is 1.31. The third-order valence-electron chi connectivity index (χ3n) is 4.67. The molecule has 0 aliphatic carbocycles. The molecule has 2 bridgehead atoms. The van der Waals surface area contributed by atoms with E-state index in [1.165, 1.54) is 7.11 Å². The summed E-state index contributed by atoms with van der Waals surface area (Å²) in [4.78, 5) is 23.0. The minimum atomic E-state index is -0.115. The molecule has 0 spiro atoms. The van der Waals surface area contributed by atoms with Crippen molar-refractivity contribution in [1.82, 2.24) is 24.6 Å². The Morgan fingerprint density at radius 3 is 2.82 bits per heavy atom. The van der Waals surface area contributed by atoms with Gasteiger partial charge in [0.15, 0.2) is 5.78 Å². The van der Waals surface area contributed by atoms with Crippen LogP contribution in [-0.4, -0.2) is 56.7 Å². The van der Waals surface area contributed by atoms with Gasteiger partial charge >= 0.3 is 0 Å². The first-order valence-corrected chi connectivity index (χ1v) is 7.76. The van der Waals surface area contributed by atoms with Gasteiger partial charge in [0.05, 0.1) is 25.9 Å². The van der Waals surface area contributed by atoms with E-state index in [4.69, 9.17) is 16.3 Å². The largest absolute Gasteiger partial charge is 0.479 e. The molecule has 0 amide bonds. The lowest BCUT2D eigenvalue weighted by atomic mass is 9.82. The number of hydrogen-bond donors (Lipinski definition) is 0. The first-order valence-electron chi connectivity index (χ1n) is 7.38. The van der Waals surface area contributed by atoms with Gasteiger partial charge in [-0.05, 0) is 37.5 Å². The molecule has 0 radical (unpaired) electrons. The zero-order valence-corrected chi connectivity index (χ0v) is 13.0. The van der Waals surface area contributed by atoms with Crippen LogP contribution in [0.25, 0.3) is 11.0 Å². The highest BCUT2D eigenvalue weighted by atomic mass is 35.5. The van der Waals surface area contributed by atoms with Gasteiger partial charge < -0.3 is 4.74 Å². The second-order valence-corrected chi connectivity index (χ2v) is 6.13. The smallest absolute Gasteiger partial charge is 0.244 e. The number of piperidine rings is 3. The van der Waals surface area contributed by atoms with Crippen molar-refractivity contribution in [2.75, 3.05) is 20.2 Å². The van der Waals surface area contributed by atoms with Crippen LogP contribution in [-0.2, 0) is 11.3 Å². The maximum Gasteiger partial charge on any atom is 0.244 e. The highest BCUT2D eigenvalue weighted by Crippen LogP contribution is 2.31. The van der Waals surface area contributed by atoms with E-state index in [0.29, 0.717) is 29.2 Å². The minimum Gasteiger partial charge on any atom is -0.479 e. The maximum absolute atomic E-state index is 12.5. The number of aromatic nitrogens is 4. The maximum atomic E-state index is 12.5. The normalized spacial score (nSPS) is 27.5. The Labute approximate surface area is 132 Å². The van der Waals surface area contributed by atoms with Gasteiger partial charge in [-0.25, -0.2) is 4.98 Å². The second-order valence-electron chi connectivity index (χ2n) is 5.79. The molecule has 0 N–H and O–H groups in total. The number of Topliss-reactive ketones (excluding diaryl/α,β-unsaturated/α-hetero) is 1. The Hall–Kier alpha value is -1.73. The lowest BCUT2D eigenvalue weighted by Gasteiger charge is -2.43. The lowest BCUT2D eigenvalue weighted by molar-refractivity contribution is -0.137. The number of ketones is 1. The molecule has 5 heterocycles. The van der Waals surface area contributed by atoms with Crippen molar-refractivity contribution < 1.29 is 9.53 Å². The molecule has 2 aromatic heterocycles. The van der Waals surface area contributed by atoms with E-state index in [9.17, 15) is 4.79 Å². The van der Waals surface area contributed by atoms with Crippen LogP contribution in [0, 0.1) is 5.92 Å². The number of rotatable bonds is 3. The summed E-state index contributed by atoms with van der Waals surface area (Å²) in [5, 5.41) is 4.48. The van der Waals surface area contributed by atoms with E-state index in [0.717, 1.165) is 25.9 Å². The first kappa shape index (κ1) is 13.9. The highest BCUT2D eigenvalue weighted by Gasteiger charge is 2.41. The number of carbonyl (C=O) groups excluding carboxylic acids is 1. The van der Waals surface area contributed by atoms with Crippen molar-refractivity contribution in [3.63, 3.8) is 0 Å². The van der Waals surface area contributed by atoms with Gasteiger partial charge in [-0.2, -0.15) is 10.1 Å². The number of halogens is 1. The SMILES string of the molecule is COc1nc(Cl)nc2cnn(CC3C(=O)C4CCN3CC4)c12.